The molecule has 0 aromatic rings. The first-order valence-electron chi connectivity index (χ1n) is 5.09. The van der Waals surface area contributed by atoms with E-state index in [1.54, 1.807) is 0 Å². The van der Waals surface area contributed by atoms with Crippen LogP contribution < -0.4 is 0 Å². The lowest BCUT2D eigenvalue weighted by Gasteiger charge is -2.14. The van der Waals surface area contributed by atoms with Gasteiger partial charge in [-0.1, -0.05) is 6.92 Å². The third-order valence-electron chi connectivity index (χ3n) is 2.44. The smallest absolute Gasteiger partial charge is 0.431 e. The fraction of sp³-hybridized carbons (Fsp3) is 0.900. The molecule has 0 aromatic carbocycles. The Kier molecular flexibility index (Phi) is 4.06. The van der Waals surface area contributed by atoms with Crippen molar-refractivity contribution >= 4 is 6.16 Å². The first-order valence-corrected chi connectivity index (χ1v) is 5.09. The van der Waals surface area contributed by atoms with Gasteiger partial charge < -0.3 is 9.47 Å². The van der Waals surface area contributed by atoms with E-state index in [1.165, 1.54) is 12.8 Å². The first kappa shape index (κ1) is 10.4. The molecule has 0 bridgehead atoms. The van der Waals surface area contributed by atoms with Crippen LogP contribution in [0.1, 0.15) is 46.0 Å². The minimum absolute atomic E-state index is 0.0334. The highest BCUT2D eigenvalue weighted by Crippen LogP contribution is 2.21. The summed E-state index contributed by atoms with van der Waals surface area (Å²) in [5.74, 6) is 0. The molecule has 0 saturated heterocycles. The van der Waals surface area contributed by atoms with E-state index in [1.807, 2.05) is 13.8 Å². The van der Waals surface area contributed by atoms with Gasteiger partial charge in [0.2, 0.25) is 0 Å². The highest BCUT2D eigenvalue weighted by molar-refractivity contribution is 5.60. The molecular formula is C10H18O3. The molecule has 1 unspecified atom stereocenters. The van der Waals surface area contributed by atoms with E-state index >= 15 is 0 Å². The van der Waals surface area contributed by atoms with Gasteiger partial charge in [-0.25, -0.2) is 4.79 Å². The first-order chi connectivity index (χ1) is 6.22. The number of rotatable bonds is 3. The zero-order chi connectivity index (χ0) is 9.68. The minimum atomic E-state index is -0.499. The lowest BCUT2D eigenvalue weighted by Crippen LogP contribution is -2.20. The second-order valence-corrected chi connectivity index (χ2v) is 3.61. The summed E-state index contributed by atoms with van der Waals surface area (Å²) in [5.41, 5.74) is 0. The molecule has 13 heavy (non-hydrogen) atoms. The molecule has 0 heterocycles. The maximum absolute atomic E-state index is 11.1. The molecule has 3 nitrogen and oxygen atoms in total. The van der Waals surface area contributed by atoms with Gasteiger partial charge in [0, 0.05) is 0 Å². The van der Waals surface area contributed by atoms with E-state index < -0.39 is 6.16 Å². The maximum Gasteiger partial charge on any atom is 0.508 e. The highest BCUT2D eigenvalue weighted by Gasteiger charge is 2.20. The van der Waals surface area contributed by atoms with E-state index in [0.29, 0.717) is 0 Å². The molecule has 1 rings (SSSR count). The third kappa shape index (κ3) is 3.66. The number of carbonyl (C=O) groups is 1. The van der Waals surface area contributed by atoms with Gasteiger partial charge in [0.1, 0.15) is 12.2 Å². The molecule has 0 aliphatic heterocycles. The maximum atomic E-state index is 11.1. The molecule has 1 aliphatic carbocycles. The topological polar surface area (TPSA) is 35.5 Å². The Morgan fingerprint density at radius 3 is 2.62 bits per heavy atom. The van der Waals surface area contributed by atoms with Crippen molar-refractivity contribution in [2.75, 3.05) is 0 Å². The summed E-state index contributed by atoms with van der Waals surface area (Å²) in [6, 6.07) is 0. The fourth-order valence-electron chi connectivity index (χ4n) is 1.42. The number of carbonyl (C=O) groups excluding carboxylic acids is 1. The van der Waals surface area contributed by atoms with Crippen LogP contribution in [0.4, 0.5) is 4.79 Å². The van der Waals surface area contributed by atoms with Crippen molar-refractivity contribution in [1.29, 1.82) is 0 Å². The van der Waals surface area contributed by atoms with Crippen molar-refractivity contribution in [3.05, 3.63) is 0 Å². The molecule has 0 amide bonds. The van der Waals surface area contributed by atoms with Gasteiger partial charge in [-0.05, 0) is 39.0 Å². The van der Waals surface area contributed by atoms with Gasteiger partial charge in [-0.3, -0.25) is 0 Å². The normalized spacial score (nSPS) is 19.8. The zero-order valence-corrected chi connectivity index (χ0v) is 8.41. The lowest BCUT2D eigenvalue weighted by molar-refractivity contribution is 0.00401. The van der Waals surface area contributed by atoms with Crippen LogP contribution in [0.25, 0.3) is 0 Å². The summed E-state index contributed by atoms with van der Waals surface area (Å²) < 4.78 is 10.1. The Balaban J connectivity index is 2.16. The summed E-state index contributed by atoms with van der Waals surface area (Å²) in [6.07, 6.45) is 4.74. The number of hydrogen-bond donors (Lipinski definition) is 0. The van der Waals surface area contributed by atoms with Crippen LogP contribution in [0.2, 0.25) is 0 Å². The lowest BCUT2D eigenvalue weighted by atomic mass is 10.3. The van der Waals surface area contributed by atoms with Gasteiger partial charge in [0.05, 0.1) is 0 Å². The van der Waals surface area contributed by atoms with Crippen molar-refractivity contribution < 1.29 is 14.3 Å². The van der Waals surface area contributed by atoms with Crippen molar-refractivity contribution in [3.63, 3.8) is 0 Å². The van der Waals surface area contributed by atoms with Crippen molar-refractivity contribution in [3.8, 4) is 0 Å². The van der Waals surface area contributed by atoms with Crippen LogP contribution in [0.3, 0.4) is 0 Å². The SMILES string of the molecule is CCC(C)OC(=O)OC1CCCC1. The number of hydrogen-bond acceptors (Lipinski definition) is 3. The molecule has 76 valence electrons. The van der Waals surface area contributed by atoms with Crippen LogP contribution in [-0.4, -0.2) is 18.4 Å². The van der Waals surface area contributed by atoms with Crippen LogP contribution >= 0.6 is 0 Å². The van der Waals surface area contributed by atoms with Gasteiger partial charge >= 0.3 is 6.16 Å². The average Bonchev–Trinajstić information content (AvgIpc) is 2.56. The van der Waals surface area contributed by atoms with Gasteiger partial charge in [-0.2, -0.15) is 0 Å². The summed E-state index contributed by atoms with van der Waals surface area (Å²) >= 11 is 0. The zero-order valence-electron chi connectivity index (χ0n) is 8.41. The van der Waals surface area contributed by atoms with E-state index in [2.05, 4.69) is 0 Å². The Morgan fingerprint density at radius 1 is 1.46 bits per heavy atom. The molecule has 1 saturated carbocycles. The average molecular weight is 186 g/mol. The monoisotopic (exact) mass is 186 g/mol. The van der Waals surface area contributed by atoms with Crippen molar-refractivity contribution in [1.82, 2.24) is 0 Å². The Bertz CT molecular complexity index is 162. The van der Waals surface area contributed by atoms with Gasteiger partial charge in [0.15, 0.2) is 0 Å². The summed E-state index contributed by atoms with van der Waals surface area (Å²) in [6.45, 7) is 3.85. The Hall–Kier alpha value is -0.730. The standard InChI is InChI=1S/C10H18O3/c1-3-8(2)12-10(11)13-9-6-4-5-7-9/h8-9H,3-7H2,1-2H3. The van der Waals surface area contributed by atoms with Crippen molar-refractivity contribution in [2.24, 2.45) is 0 Å². The quantitative estimate of drug-likeness (QED) is 0.636. The molecule has 0 spiro atoms. The van der Waals surface area contributed by atoms with Crippen molar-refractivity contribution in [2.45, 2.75) is 58.2 Å². The van der Waals surface area contributed by atoms with E-state index in [-0.39, 0.29) is 12.2 Å². The van der Waals surface area contributed by atoms with Gasteiger partial charge in [-0.15, -0.1) is 0 Å². The summed E-state index contributed by atoms with van der Waals surface area (Å²) in [7, 11) is 0. The molecule has 0 N–H and O–H groups in total. The minimum Gasteiger partial charge on any atom is -0.431 e. The van der Waals surface area contributed by atoms with Crippen LogP contribution in [0.15, 0.2) is 0 Å². The van der Waals surface area contributed by atoms with Gasteiger partial charge in [0.25, 0.3) is 0 Å². The number of ether oxygens (including phenoxy) is 2. The fourth-order valence-corrected chi connectivity index (χ4v) is 1.42. The molecule has 1 fully saturated rings. The van der Waals surface area contributed by atoms with E-state index in [0.717, 1.165) is 19.3 Å². The largest absolute Gasteiger partial charge is 0.508 e. The molecule has 1 aliphatic rings. The van der Waals surface area contributed by atoms with Crippen LogP contribution in [0.5, 0.6) is 0 Å². The molecular weight excluding hydrogens is 168 g/mol. The molecule has 1 atom stereocenters. The highest BCUT2D eigenvalue weighted by atomic mass is 16.7. The predicted octanol–water partition coefficient (Wildman–Crippen LogP) is 2.88. The Morgan fingerprint density at radius 2 is 2.08 bits per heavy atom. The molecule has 0 aromatic heterocycles. The van der Waals surface area contributed by atoms with E-state index in [9.17, 15) is 4.79 Å². The third-order valence-corrected chi connectivity index (χ3v) is 2.44. The predicted molar refractivity (Wildman–Crippen MR) is 49.6 cm³/mol. The molecule has 0 radical (unpaired) electrons. The van der Waals surface area contributed by atoms with E-state index in [4.69, 9.17) is 9.47 Å². The summed E-state index contributed by atoms with van der Waals surface area (Å²) in [5, 5.41) is 0. The second kappa shape index (κ2) is 5.10. The summed E-state index contributed by atoms with van der Waals surface area (Å²) in [4.78, 5) is 11.1. The second-order valence-electron chi connectivity index (χ2n) is 3.61. The van der Waals surface area contributed by atoms with Crippen LogP contribution in [-0.2, 0) is 9.47 Å². The molecule has 3 heteroatoms. The van der Waals surface area contributed by atoms with Crippen LogP contribution in [0, 0.1) is 0 Å². The Labute approximate surface area is 79.4 Å².